The lowest BCUT2D eigenvalue weighted by atomic mass is 9.78. The van der Waals surface area contributed by atoms with Gasteiger partial charge in [0.15, 0.2) is 0 Å². The number of likely N-dealkylation sites (N-methyl/N-ethyl adjacent to an activating group) is 1. The number of aromatic nitrogens is 1. The number of nitrogens with one attached hydrogen (secondary N) is 2. The van der Waals surface area contributed by atoms with Crippen LogP contribution in [0.1, 0.15) is 79.3 Å². The summed E-state index contributed by atoms with van der Waals surface area (Å²) in [5.41, 5.74) is 4.20. The van der Waals surface area contributed by atoms with E-state index in [0.717, 1.165) is 57.7 Å². The smallest absolute Gasteiger partial charge is 0.311 e. The normalized spacial score (nSPS) is 20.2. The zero-order valence-corrected chi connectivity index (χ0v) is 27.9. The number of ether oxygens (including phenoxy) is 1. The largest absolute Gasteiger partial charge is 0.497 e. The van der Waals surface area contributed by atoms with Gasteiger partial charge < -0.3 is 19.5 Å². The molecule has 242 valence electrons. The zero-order valence-electron chi connectivity index (χ0n) is 27.1. The van der Waals surface area contributed by atoms with Crippen molar-refractivity contribution in [2.24, 2.45) is 0 Å². The van der Waals surface area contributed by atoms with Gasteiger partial charge >= 0.3 is 22.0 Å². The van der Waals surface area contributed by atoms with Crippen LogP contribution in [0.2, 0.25) is 0 Å². The minimum atomic E-state index is -4.00. The highest BCUT2D eigenvalue weighted by atomic mass is 32.2. The molecular formula is C33H43N5O6S. The Morgan fingerprint density at radius 2 is 1.69 bits per heavy atom. The Balaban J connectivity index is 1.78. The number of fused-ring (bicyclic) bond motifs is 5. The van der Waals surface area contributed by atoms with Crippen LogP contribution in [0.3, 0.4) is 0 Å². The van der Waals surface area contributed by atoms with Crippen LogP contribution in [0.5, 0.6) is 5.75 Å². The standard InChI is InChI=1S/C33H43N5O6S/c1-20-26-18-23(44-7)14-16-24(26)29-28(21-11-9-8-10-12-21)25-15-13-22(30(39)35-45(42,43)37(5)6)17-27(25)38(29)19-33(20,2)34-31(40)32(41)36(3)4/h13-18,20-21H,8-12,19H2,1-7H3,(H,34,40)(H,35,39)/t20-,33-/m1/s1. The first kappa shape index (κ1) is 32.5. The number of nitrogens with zero attached hydrogens (tertiary/aromatic N) is 3. The molecular weight excluding hydrogens is 594 g/mol. The van der Waals surface area contributed by atoms with Crippen LogP contribution in [-0.4, -0.2) is 80.8 Å². The van der Waals surface area contributed by atoms with E-state index in [9.17, 15) is 22.8 Å². The van der Waals surface area contributed by atoms with Gasteiger partial charge in [-0.25, -0.2) is 4.72 Å². The van der Waals surface area contributed by atoms with E-state index in [4.69, 9.17) is 4.74 Å². The highest BCUT2D eigenvalue weighted by Crippen LogP contribution is 2.50. The van der Waals surface area contributed by atoms with Crippen LogP contribution in [-0.2, 0) is 26.3 Å². The molecule has 2 aliphatic rings. The van der Waals surface area contributed by atoms with Crippen LogP contribution in [0.25, 0.3) is 22.2 Å². The molecule has 1 aliphatic heterocycles. The molecule has 1 fully saturated rings. The number of hydrogen-bond donors (Lipinski definition) is 2. The first-order valence-corrected chi connectivity index (χ1v) is 16.8. The number of methoxy groups -OCH3 is 1. The minimum Gasteiger partial charge on any atom is -0.497 e. The molecule has 0 spiro atoms. The molecule has 2 N–H and O–H groups in total. The van der Waals surface area contributed by atoms with Gasteiger partial charge in [0.05, 0.1) is 18.3 Å². The third-order valence-electron chi connectivity index (χ3n) is 9.50. The van der Waals surface area contributed by atoms with Crippen molar-refractivity contribution in [3.63, 3.8) is 0 Å². The summed E-state index contributed by atoms with van der Waals surface area (Å²) in [6.45, 7) is 4.28. The Morgan fingerprint density at radius 3 is 2.31 bits per heavy atom. The van der Waals surface area contributed by atoms with Gasteiger partial charge in [-0.2, -0.15) is 12.7 Å². The van der Waals surface area contributed by atoms with Crippen molar-refractivity contribution in [1.82, 2.24) is 23.8 Å². The van der Waals surface area contributed by atoms with Crippen molar-refractivity contribution in [3.8, 4) is 17.0 Å². The zero-order chi connectivity index (χ0) is 32.8. The predicted molar refractivity (Wildman–Crippen MR) is 173 cm³/mol. The van der Waals surface area contributed by atoms with Crippen molar-refractivity contribution in [2.75, 3.05) is 35.3 Å². The van der Waals surface area contributed by atoms with Gasteiger partial charge in [-0.05, 0) is 67.1 Å². The summed E-state index contributed by atoms with van der Waals surface area (Å²) in [5.74, 6) is -1.37. The number of carbonyl (C=O) groups excluding carboxylic acids is 3. The van der Waals surface area contributed by atoms with E-state index < -0.39 is 33.5 Å². The van der Waals surface area contributed by atoms with Gasteiger partial charge in [-0.15, -0.1) is 0 Å². The maximum Gasteiger partial charge on any atom is 0.311 e. The molecule has 45 heavy (non-hydrogen) atoms. The molecule has 2 aromatic carbocycles. The van der Waals surface area contributed by atoms with Gasteiger partial charge in [0.25, 0.3) is 5.91 Å². The molecule has 3 amide bonds. The van der Waals surface area contributed by atoms with Crippen molar-refractivity contribution < 1.29 is 27.5 Å². The van der Waals surface area contributed by atoms with Gasteiger partial charge in [0.1, 0.15) is 5.75 Å². The average molecular weight is 638 g/mol. The molecule has 12 heteroatoms. The summed E-state index contributed by atoms with van der Waals surface area (Å²) in [7, 11) is 3.40. The summed E-state index contributed by atoms with van der Waals surface area (Å²) in [6.07, 6.45) is 5.48. The molecule has 0 radical (unpaired) electrons. The van der Waals surface area contributed by atoms with E-state index in [-0.39, 0.29) is 17.4 Å². The summed E-state index contributed by atoms with van der Waals surface area (Å²) < 4.78 is 35.8. The molecule has 2 atom stereocenters. The Bertz CT molecular complexity index is 1770. The second-order valence-corrected chi connectivity index (χ2v) is 14.8. The SMILES string of the molecule is COc1ccc2c(c1)[C@@H](C)[C@](C)(NC(=O)C(=O)N(C)C)Cn1c-2c(C2CCCCC2)c2ccc(C(=O)NS(=O)(=O)N(C)C)cc21. The summed E-state index contributed by atoms with van der Waals surface area (Å²) >= 11 is 0. The number of rotatable bonds is 6. The lowest BCUT2D eigenvalue weighted by Crippen LogP contribution is -2.55. The van der Waals surface area contributed by atoms with Crippen LogP contribution < -0.4 is 14.8 Å². The molecule has 2 heterocycles. The predicted octanol–water partition coefficient (Wildman–Crippen LogP) is 3.98. The summed E-state index contributed by atoms with van der Waals surface area (Å²) in [6, 6.07) is 11.3. The fourth-order valence-electron chi connectivity index (χ4n) is 6.76. The summed E-state index contributed by atoms with van der Waals surface area (Å²) in [5, 5.41) is 4.05. The minimum absolute atomic E-state index is 0.198. The van der Waals surface area contributed by atoms with E-state index in [1.807, 2.05) is 32.0 Å². The van der Waals surface area contributed by atoms with E-state index in [2.05, 4.69) is 20.7 Å². The van der Waals surface area contributed by atoms with E-state index in [0.29, 0.717) is 12.3 Å². The van der Waals surface area contributed by atoms with Gasteiger partial charge in [0.2, 0.25) is 0 Å². The molecule has 0 bridgehead atoms. The quantitative estimate of drug-likeness (QED) is 0.394. The number of carbonyl (C=O) groups is 3. The second-order valence-electron chi connectivity index (χ2n) is 12.9. The van der Waals surface area contributed by atoms with Gasteiger partial charge in [-0.1, -0.05) is 32.3 Å². The van der Waals surface area contributed by atoms with Crippen molar-refractivity contribution in [1.29, 1.82) is 0 Å². The molecule has 3 aromatic rings. The third kappa shape index (κ3) is 5.93. The topological polar surface area (TPSA) is 130 Å². The number of hydrogen-bond acceptors (Lipinski definition) is 6. The monoisotopic (exact) mass is 637 g/mol. The molecule has 0 saturated heterocycles. The molecule has 5 rings (SSSR count). The highest BCUT2D eigenvalue weighted by Gasteiger charge is 2.42. The van der Waals surface area contributed by atoms with Gasteiger partial charge in [-0.3, -0.25) is 14.4 Å². The average Bonchev–Trinajstić information content (AvgIpc) is 3.28. The fraction of sp³-hybridized carbons (Fsp3) is 0.485. The lowest BCUT2D eigenvalue weighted by Gasteiger charge is -2.36. The van der Waals surface area contributed by atoms with Crippen molar-refractivity contribution in [3.05, 3.63) is 53.1 Å². The third-order valence-corrected chi connectivity index (χ3v) is 10.9. The first-order valence-electron chi connectivity index (χ1n) is 15.3. The van der Waals surface area contributed by atoms with E-state index in [1.54, 1.807) is 19.2 Å². The van der Waals surface area contributed by atoms with Crippen molar-refractivity contribution >= 4 is 38.8 Å². The molecule has 11 nitrogen and oxygen atoms in total. The Kier molecular flexibility index (Phi) is 8.76. The van der Waals surface area contributed by atoms with Crippen LogP contribution in [0, 0.1) is 0 Å². The highest BCUT2D eigenvalue weighted by molar-refractivity contribution is 7.87. The Labute approximate surface area is 265 Å². The summed E-state index contributed by atoms with van der Waals surface area (Å²) in [4.78, 5) is 40.5. The molecule has 1 aromatic heterocycles. The Hall–Kier alpha value is -3.90. The van der Waals surface area contributed by atoms with E-state index >= 15 is 0 Å². The number of amides is 3. The maximum atomic E-state index is 13.3. The molecule has 1 aliphatic carbocycles. The first-order chi connectivity index (χ1) is 21.2. The van der Waals surface area contributed by atoms with Crippen molar-refractivity contribution in [2.45, 2.75) is 69.9 Å². The lowest BCUT2D eigenvalue weighted by molar-refractivity contribution is -0.145. The van der Waals surface area contributed by atoms with Crippen LogP contribution in [0.15, 0.2) is 36.4 Å². The second kappa shape index (κ2) is 12.1. The molecule has 0 unspecified atom stereocenters. The fourth-order valence-corrected chi connectivity index (χ4v) is 7.29. The Morgan fingerprint density at radius 1 is 1.00 bits per heavy atom. The number of benzene rings is 2. The maximum absolute atomic E-state index is 13.3. The van der Waals surface area contributed by atoms with Crippen LogP contribution >= 0.6 is 0 Å². The van der Waals surface area contributed by atoms with Crippen LogP contribution in [0.4, 0.5) is 0 Å². The van der Waals surface area contributed by atoms with E-state index in [1.165, 1.54) is 45.1 Å². The van der Waals surface area contributed by atoms with Gasteiger partial charge in [0, 0.05) is 62.7 Å². The molecule has 1 saturated carbocycles.